The average Bonchev–Trinajstić information content (AvgIpc) is 2.43. The van der Waals surface area contributed by atoms with Crippen LogP contribution in [-0.2, 0) is 13.8 Å². The summed E-state index contributed by atoms with van der Waals surface area (Å²) in [6.07, 6.45) is 3.66. The lowest BCUT2D eigenvalue weighted by Gasteiger charge is -2.31. The van der Waals surface area contributed by atoms with E-state index in [-0.39, 0.29) is 5.75 Å². The van der Waals surface area contributed by atoms with Crippen LogP contribution in [0.1, 0.15) is 19.3 Å². The molecule has 0 amide bonds. The van der Waals surface area contributed by atoms with E-state index in [4.69, 9.17) is 15.4 Å². The zero-order valence-electron chi connectivity index (χ0n) is 8.56. The molecule has 2 unspecified atom stereocenters. The molecule has 6 heteroatoms. The normalized spacial score (nSPS) is 32.1. The smallest absolute Gasteiger partial charge is 0.232 e. The molecule has 2 rings (SSSR count). The van der Waals surface area contributed by atoms with Crippen molar-refractivity contribution in [3.05, 3.63) is 0 Å². The first-order valence-corrected chi connectivity index (χ1v) is 7.81. The second-order valence-electron chi connectivity index (χ2n) is 4.31. The van der Waals surface area contributed by atoms with Gasteiger partial charge >= 0.3 is 0 Å². The number of fused-ring (bicyclic) bond motifs is 2. The van der Waals surface area contributed by atoms with Gasteiger partial charge in [-0.25, -0.2) is 8.42 Å². The van der Waals surface area contributed by atoms with E-state index in [1.165, 1.54) is 0 Å². The fourth-order valence-corrected chi connectivity index (χ4v) is 3.14. The molecule has 88 valence electrons. The van der Waals surface area contributed by atoms with Crippen molar-refractivity contribution >= 4 is 19.7 Å². The molecule has 2 atom stereocenters. The van der Waals surface area contributed by atoms with Crippen molar-refractivity contribution in [2.45, 2.75) is 31.5 Å². The van der Waals surface area contributed by atoms with Gasteiger partial charge in [0, 0.05) is 23.8 Å². The predicted molar refractivity (Wildman–Crippen MR) is 58.6 cm³/mol. The van der Waals surface area contributed by atoms with Crippen LogP contribution in [0.5, 0.6) is 0 Å². The maximum absolute atomic E-state index is 10.7. The Morgan fingerprint density at radius 1 is 1.27 bits per heavy atom. The molecule has 4 nitrogen and oxygen atoms in total. The lowest BCUT2D eigenvalue weighted by molar-refractivity contribution is -0.0379. The average molecular weight is 254 g/mol. The summed E-state index contributed by atoms with van der Waals surface area (Å²) in [6, 6.07) is 0. The van der Waals surface area contributed by atoms with Gasteiger partial charge in [-0.1, -0.05) is 0 Å². The maximum atomic E-state index is 10.7. The summed E-state index contributed by atoms with van der Waals surface area (Å²) >= 11 is 0. The highest BCUT2D eigenvalue weighted by atomic mass is 35.7. The Labute approximate surface area is 95.0 Å². The van der Waals surface area contributed by atoms with Gasteiger partial charge in [0.25, 0.3) is 0 Å². The van der Waals surface area contributed by atoms with E-state index in [1.807, 2.05) is 0 Å². The Hall–Kier alpha value is 0.160. The molecular formula is C9H16ClNO3S. The van der Waals surface area contributed by atoms with Gasteiger partial charge in [0.05, 0.1) is 18.0 Å². The third-order valence-corrected chi connectivity index (χ3v) is 4.22. The van der Waals surface area contributed by atoms with Crippen LogP contribution in [-0.4, -0.2) is 50.9 Å². The molecule has 2 aliphatic rings. The van der Waals surface area contributed by atoms with Gasteiger partial charge in [0.15, 0.2) is 0 Å². The molecule has 0 aliphatic carbocycles. The van der Waals surface area contributed by atoms with Crippen molar-refractivity contribution < 1.29 is 13.2 Å². The van der Waals surface area contributed by atoms with Crippen LogP contribution >= 0.6 is 10.7 Å². The molecule has 0 radical (unpaired) electrons. The SMILES string of the molecule is O=S(=O)(Cl)CCCN1CC2CCC(C1)O2. The van der Waals surface area contributed by atoms with E-state index in [0.717, 1.165) is 32.5 Å². The first kappa shape index (κ1) is 11.6. The van der Waals surface area contributed by atoms with Gasteiger partial charge in [-0.15, -0.1) is 0 Å². The van der Waals surface area contributed by atoms with Gasteiger partial charge in [0.1, 0.15) is 0 Å². The summed E-state index contributed by atoms with van der Waals surface area (Å²) in [7, 11) is 1.83. The molecule has 2 saturated heterocycles. The van der Waals surface area contributed by atoms with E-state index in [0.29, 0.717) is 18.6 Å². The lowest BCUT2D eigenvalue weighted by Crippen LogP contribution is -2.43. The second kappa shape index (κ2) is 4.57. The Balaban J connectivity index is 1.72. The third kappa shape index (κ3) is 3.59. The number of likely N-dealkylation sites (tertiary alicyclic amines) is 1. The van der Waals surface area contributed by atoms with Crippen molar-refractivity contribution in [3.63, 3.8) is 0 Å². The minimum atomic E-state index is -3.32. The lowest BCUT2D eigenvalue weighted by atomic mass is 10.2. The fourth-order valence-electron chi connectivity index (χ4n) is 2.34. The zero-order chi connectivity index (χ0) is 10.9. The largest absolute Gasteiger partial charge is 0.372 e. The molecule has 0 saturated carbocycles. The molecule has 0 aromatic heterocycles. The molecule has 0 aromatic carbocycles. The van der Waals surface area contributed by atoms with Gasteiger partial charge in [0.2, 0.25) is 9.05 Å². The Morgan fingerprint density at radius 2 is 1.87 bits per heavy atom. The molecule has 2 heterocycles. The van der Waals surface area contributed by atoms with E-state index in [1.54, 1.807) is 0 Å². The molecule has 0 N–H and O–H groups in total. The highest BCUT2D eigenvalue weighted by molar-refractivity contribution is 8.13. The molecular weight excluding hydrogens is 238 g/mol. The molecule has 2 aliphatic heterocycles. The maximum Gasteiger partial charge on any atom is 0.232 e. The molecule has 0 aromatic rings. The number of morpholine rings is 1. The van der Waals surface area contributed by atoms with E-state index < -0.39 is 9.05 Å². The van der Waals surface area contributed by atoms with Crippen LogP contribution in [0.4, 0.5) is 0 Å². The first-order chi connectivity index (χ1) is 7.03. The van der Waals surface area contributed by atoms with Crippen LogP contribution in [0.25, 0.3) is 0 Å². The van der Waals surface area contributed by atoms with Gasteiger partial charge in [-0.05, 0) is 25.8 Å². The number of halogens is 1. The third-order valence-electron chi connectivity index (χ3n) is 2.98. The zero-order valence-corrected chi connectivity index (χ0v) is 10.1. The molecule has 2 bridgehead atoms. The van der Waals surface area contributed by atoms with Crippen molar-refractivity contribution in [3.8, 4) is 0 Å². The predicted octanol–water partition coefficient (Wildman–Crippen LogP) is 0.808. The quantitative estimate of drug-likeness (QED) is 0.696. The monoisotopic (exact) mass is 253 g/mol. The minimum Gasteiger partial charge on any atom is -0.372 e. The van der Waals surface area contributed by atoms with Crippen LogP contribution in [0.15, 0.2) is 0 Å². The van der Waals surface area contributed by atoms with E-state index in [9.17, 15) is 8.42 Å². The number of ether oxygens (including phenoxy) is 1. The van der Waals surface area contributed by atoms with Crippen LogP contribution < -0.4 is 0 Å². The Kier molecular flexibility index (Phi) is 3.55. The Bertz CT molecular complexity index is 307. The van der Waals surface area contributed by atoms with Gasteiger partial charge < -0.3 is 4.74 Å². The summed E-state index contributed by atoms with van der Waals surface area (Å²) in [5.41, 5.74) is 0. The van der Waals surface area contributed by atoms with Crippen molar-refractivity contribution in [1.82, 2.24) is 4.90 Å². The van der Waals surface area contributed by atoms with Crippen LogP contribution in [0.3, 0.4) is 0 Å². The van der Waals surface area contributed by atoms with Gasteiger partial charge in [-0.2, -0.15) is 0 Å². The van der Waals surface area contributed by atoms with E-state index in [2.05, 4.69) is 4.90 Å². The topological polar surface area (TPSA) is 46.6 Å². The van der Waals surface area contributed by atoms with Crippen LogP contribution in [0, 0.1) is 0 Å². The molecule has 0 spiro atoms. The summed E-state index contributed by atoms with van der Waals surface area (Å²) < 4.78 is 27.2. The molecule has 2 fully saturated rings. The fraction of sp³-hybridized carbons (Fsp3) is 1.00. The van der Waals surface area contributed by atoms with Gasteiger partial charge in [-0.3, -0.25) is 4.90 Å². The van der Waals surface area contributed by atoms with E-state index >= 15 is 0 Å². The summed E-state index contributed by atoms with van der Waals surface area (Å²) in [5.74, 6) is 0.0707. The summed E-state index contributed by atoms with van der Waals surface area (Å²) in [4.78, 5) is 2.29. The first-order valence-electron chi connectivity index (χ1n) is 5.33. The highest BCUT2D eigenvalue weighted by Crippen LogP contribution is 2.26. The highest BCUT2D eigenvalue weighted by Gasteiger charge is 2.33. The number of nitrogens with zero attached hydrogens (tertiary/aromatic N) is 1. The minimum absolute atomic E-state index is 0.0707. The summed E-state index contributed by atoms with van der Waals surface area (Å²) in [5, 5.41) is 0. The Morgan fingerprint density at radius 3 is 2.40 bits per heavy atom. The number of hydrogen-bond acceptors (Lipinski definition) is 4. The summed E-state index contributed by atoms with van der Waals surface area (Å²) in [6.45, 7) is 2.69. The standard InChI is InChI=1S/C9H16ClNO3S/c10-15(12,13)5-1-4-11-6-8-2-3-9(7-11)14-8/h8-9H,1-7H2. The second-order valence-corrected chi connectivity index (χ2v) is 7.21. The number of hydrogen-bond donors (Lipinski definition) is 0. The van der Waals surface area contributed by atoms with Crippen molar-refractivity contribution in [2.24, 2.45) is 0 Å². The molecule has 15 heavy (non-hydrogen) atoms. The van der Waals surface area contributed by atoms with Crippen molar-refractivity contribution in [1.29, 1.82) is 0 Å². The van der Waals surface area contributed by atoms with Crippen molar-refractivity contribution in [2.75, 3.05) is 25.4 Å². The number of rotatable bonds is 4. The van der Waals surface area contributed by atoms with Crippen LogP contribution in [0.2, 0.25) is 0 Å².